The number of amides is 3. The van der Waals surface area contributed by atoms with Crippen LogP contribution >= 0.6 is 0 Å². The van der Waals surface area contributed by atoms with E-state index < -0.39 is 42.1 Å². The molecule has 3 aromatic carbocycles. The molecule has 0 aliphatic heterocycles. The van der Waals surface area contributed by atoms with Crippen LogP contribution in [0.4, 0.5) is 10.5 Å². The van der Waals surface area contributed by atoms with Crippen molar-refractivity contribution in [1.82, 2.24) is 10.2 Å². The molecule has 216 valence electrons. The Hall–Kier alpha value is -5.28. The molecular weight excluding hydrogens is 532 g/mol. The molecule has 42 heavy (non-hydrogen) atoms. The van der Waals surface area contributed by atoms with Crippen molar-refractivity contribution in [2.24, 2.45) is 0 Å². The van der Waals surface area contributed by atoms with Crippen molar-refractivity contribution in [3.05, 3.63) is 95.6 Å². The Morgan fingerprint density at radius 3 is 2.17 bits per heavy atom. The van der Waals surface area contributed by atoms with Crippen LogP contribution in [0.1, 0.15) is 43.5 Å². The van der Waals surface area contributed by atoms with Gasteiger partial charge in [0.15, 0.2) is 0 Å². The third-order valence-corrected chi connectivity index (χ3v) is 6.11. The first-order valence-corrected chi connectivity index (χ1v) is 13.3. The number of carbonyl (C=O) groups is 3. The number of rotatable bonds is 10. The molecule has 0 bridgehead atoms. The largest absolute Gasteiger partial charge is 0.497 e. The number of benzene rings is 3. The van der Waals surface area contributed by atoms with Crippen molar-refractivity contribution in [2.75, 3.05) is 19.0 Å². The Balaban J connectivity index is 2.03. The third kappa shape index (κ3) is 8.87. The van der Waals surface area contributed by atoms with Gasteiger partial charge in [0.2, 0.25) is 5.91 Å². The first kappa shape index (κ1) is 31.3. The van der Waals surface area contributed by atoms with Crippen molar-refractivity contribution in [3.63, 3.8) is 0 Å². The number of terminal acetylenes is 1. The predicted molar refractivity (Wildman–Crippen MR) is 159 cm³/mol. The van der Waals surface area contributed by atoms with Crippen LogP contribution in [0.2, 0.25) is 0 Å². The molecule has 3 rings (SSSR count). The molecule has 0 spiro atoms. The molecule has 9 nitrogen and oxygen atoms in total. The van der Waals surface area contributed by atoms with E-state index in [0.717, 1.165) is 10.5 Å². The van der Waals surface area contributed by atoms with E-state index in [4.69, 9.17) is 15.9 Å². The first-order valence-electron chi connectivity index (χ1n) is 13.3. The minimum atomic E-state index is -1.23. The van der Waals surface area contributed by atoms with E-state index >= 15 is 0 Å². The van der Waals surface area contributed by atoms with Crippen LogP contribution in [-0.2, 0) is 20.7 Å². The van der Waals surface area contributed by atoms with Crippen LogP contribution in [0.15, 0.2) is 78.9 Å². The highest BCUT2D eigenvalue weighted by Gasteiger charge is 2.36. The number of carbonyl (C=O) groups excluding carboxylic acids is 3. The van der Waals surface area contributed by atoms with Crippen LogP contribution in [-0.4, -0.2) is 48.1 Å². The number of nitriles is 1. The van der Waals surface area contributed by atoms with Gasteiger partial charge in [0.05, 0.1) is 13.2 Å². The zero-order valence-corrected chi connectivity index (χ0v) is 24.1. The SMILES string of the molecule is C#Cc1ccc(C(C(=O)Nc2ccc(OC)cc2)N(CC#N)C(=O)C(Cc2ccccc2)NC(=O)OC(C)(C)C)cc1. The summed E-state index contributed by atoms with van der Waals surface area (Å²) in [4.78, 5) is 42.0. The minimum Gasteiger partial charge on any atom is -0.497 e. The van der Waals surface area contributed by atoms with Crippen LogP contribution in [0.25, 0.3) is 0 Å². The molecule has 0 aromatic heterocycles. The molecule has 0 saturated carbocycles. The molecule has 0 aliphatic rings. The van der Waals surface area contributed by atoms with Gasteiger partial charge in [-0.05, 0) is 68.3 Å². The van der Waals surface area contributed by atoms with Gasteiger partial charge in [-0.2, -0.15) is 5.26 Å². The third-order valence-electron chi connectivity index (χ3n) is 6.11. The lowest BCUT2D eigenvalue weighted by Crippen LogP contribution is -2.53. The Kier molecular flexibility index (Phi) is 10.7. The van der Waals surface area contributed by atoms with E-state index in [0.29, 0.717) is 22.6 Å². The average Bonchev–Trinajstić information content (AvgIpc) is 2.96. The van der Waals surface area contributed by atoms with Crippen LogP contribution in [0.3, 0.4) is 0 Å². The van der Waals surface area contributed by atoms with Gasteiger partial charge in [0, 0.05) is 17.7 Å². The maximum atomic E-state index is 14.2. The highest BCUT2D eigenvalue weighted by Crippen LogP contribution is 2.26. The summed E-state index contributed by atoms with van der Waals surface area (Å²) >= 11 is 0. The van der Waals surface area contributed by atoms with E-state index in [2.05, 4.69) is 16.6 Å². The zero-order chi connectivity index (χ0) is 30.7. The molecule has 2 atom stereocenters. The number of ether oxygens (including phenoxy) is 2. The summed E-state index contributed by atoms with van der Waals surface area (Å²) in [6.45, 7) is 4.70. The number of nitrogens with one attached hydrogen (secondary N) is 2. The molecule has 3 aromatic rings. The summed E-state index contributed by atoms with van der Waals surface area (Å²) in [5, 5.41) is 15.2. The highest BCUT2D eigenvalue weighted by molar-refractivity contribution is 5.99. The summed E-state index contributed by atoms with van der Waals surface area (Å²) in [5.41, 5.74) is 1.43. The number of nitrogens with zero attached hydrogens (tertiary/aromatic N) is 2. The Labute approximate surface area is 246 Å². The van der Waals surface area contributed by atoms with Crippen LogP contribution in [0, 0.1) is 23.7 Å². The molecule has 0 saturated heterocycles. The van der Waals surface area contributed by atoms with Gasteiger partial charge in [0.25, 0.3) is 5.91 Å². The second kappa shape index (κ2) is 14.4. The fourth-order valence-electron chi connectivity index (χ4n) is 4.19. The van der Waals surface area contributed by atoms with Crippen molar-refractivity contribution in [1.29, 1.82) is 5.26 Å². The Morgan fingerprint density at radius 1 is 0.976 bits per heavy atom. The normalized spacial score (nSPS) is 12.0. The molecule has 3 amide bonds. The summed E-state index contributed by atoms with van der Waals surface area (Å²) in [7, 11) is 1.53. The fraction of sp³-hybridized carbons (Fsp3) is 0.273. The molecule has 0 heterocycles. The van der Waals surface area contributed by atoms with E-state index in [1.807, 2.05) is 36.4 Å². The molecule has 2 N–H and O–H groups in total. The minimum absolute atomic E-state index is 0.101. The molecule has 9 heteroatoms. The maximum absolute atomic E-state index is 14.2. The number of anilines is 1. The van der Waals surface area contributed by atoms with E-state index in [9.17, 15) is 19.6 Å². The van der Waals surface area contributed by atoms with Crippen molar-refractivity contribution >= 4 is 23.6 Å². The average molecular weight is 567 g/mol. The number of alkyl carbamates (subject to hydrolysis) is 1. The van der Waals surface area contributed by atoms with Crippen LogP contribution < -0.4 is 15.4 Å². The van der Waals surface area contributed by atoms with Gasteiger partial charge in [-0.1, -0.05) is 48.4 Å². The first-order chi connectivity index (χ1) is 20.0. The lowest BCUT2D eigenvalue weighted by Gasteiger charge is -2.33. The van der Waals surface area contributed by atoms with E-state index in [1.165, 1.54) is 7.11 Å². The predicted octanol–water partition coefficient (Wildman–Crippen LogP) is 4.84. The number of methoxy groups -OCH3 is 1. The summed E-state index contributed by atoms with van der Waals surface area (Å²) in [6, 6.07) is 22.0. The quantitative estimate of drug-likeness (QED) is 0.268. The van der Waals surface area contributed by atoms with Gasteiger partial charge in [-0.25, -0.2) is 4.79 Å². The lowest BCUT2D eigenvalue weighted by atomic mass is 9.99. The zero-order valence-electron chi connectivity index (χ0n) is 24.1. The van der Waals surface area contributed by atoms with Gasteiger partial charge in [-0.15, -0.1) is 6.42 Å². The topological polar surface area (TPSA) is 121 Å². The number of hydrogen-bond acceptors (Lipinski definition) is 6. The molecule has 0 aliphatic carbocycles. The van der Waals surface area contributed by atoms with Crippen LogP contribution in [0.5, 0.6) is 5.75 Å². The van der Waals surface area contributed by atoms with Crippen molar-refractivity contribution < 1.29 is 23.9 Å². The maximum Gasteiger partial charge on any atom is 0.408 e. The molecule has 0 fully saturated rings. The van der Waals surface area contributed by atoms with Crippen molar-refractivity contribution in [3.8, 4) is 24.2 Å². The van der Waals surface area contributed by atoms with E-state index in [-0.39, 0.29) is 6.42 Å². The smallest absolute Gasteiger partial charge is 0.408 e. The summed E-state index contributed by atoms with van der Waals surface area (Å²) < 4.78 is 10.6. The second-order valence-electron chi connectivity index (χ2n) is 10.4. The Bertz CT molecular complexity index is 1450. The highest BCUT2D eigenvalue weighted by atomic mass is 16.6. The molecule has 0 radical (unpaired) electrons. The van der Waals surface area contributed by atoms with Gasteiger partial charge in [0.1, 0.15) is 30.0 Å². The summed E-state index contributed by atoms with van der Waals surface area (Å²) in [5.74, 6) is 1.93. The van der Waals surface area contributed by atoms with Gasteiger partial charge >= 0.3 is 6.09 Å². The monoisotopic (exact) mass is 566 g/mol. The molecular formula is C33H34N4O5. The van der Waals surface area contributed by atoms with Gasteiger partial charge < -0.3 is 25.0 Å². The standard InChI is InChI=1S/C33H34N4O5/c1-6-23-12-14-25(15-13-23)29(30(38)35-26-16-18-27(41-5)19-17-26)37(21-20-34)31(39)28(22-24-10-8-7-9-11-24)36-32(40)42-33(2,3)4/h1,7-19,28-29H,21-22H2,2-5H3,(H,35,38)(H,36,40). The Morgan fingerprint density at radius 2 is 1.62 bits per heavy atom. The molecule has 2 unspecified atom stereocenters. The van der Waals surface area contributed by atoms with Crippen molar-refractivity contribution in [2.45, 2.75) is 44.9 Å². The number of hydrogen-bond donors (Lipinski definition) is 2. The second-order valence-corrected chi connectivity index (χ2v) is 10.4. The summed E-state index contributed by atoms with van der Waals surface area (Å²) in [6.07, 6.45) is 4.82. The lowest BCUT2D eigenvalue weighted by molar-refractivity contribution is -0.140. The van der Waals surface area contributed by atoms with Gasteiger partial charge in [-0.3, -0.25) is 9.59 Å². The fourth-order valence-corrected chi connectivity index (χ4v) is 4.19. The van der Waals surface area contributed by atoms with E-state index in [1.54, 1.807) is 69.3 Å².